The molecule has 0 unspecified atom stereocenters. The molecule has 1 amide bonds. The summed E-state index contributed by atoms with van der Waals surface area (Å²) in [5, 5.41) is 10.2. The first-order valence-corrected chi connectivity index (χ1v) is 6.94. The molecule has 0 aromatic heterocycles. The minimum Gasteiger partial charge on any atom is -0.386 e. The van der Waals surface area contributed by atoms with Crippen molar-refractivity contribution in [1.29, 1.82) is 0 Å². The smallest absolute Gasteiger partial charge is 0.255 e. The third-order valence-electron chi connectivity index (χ3n) is 3.66. The number of halogens is 1. The Morgan fingerprint density at radius 3 is 2.59 bits per heavy atom. The first kappa shape index (κ1) is 11.5. The lowest BCUT2D eigenvalue weighted by molar-refractivity contribution is -0.0958. The van der Waals surface area contributed by atoms with E-state index in [4.69, 9.17) is 0 Å². The van der Waals surface area contributed by atoms with Crippen molar-refractivity contribution >= 4 is 28.5 Å². The molecule has 1 aromatic carbocycles. The van der Waals surface area contributed by atoms with Crippen LogP contribution in [0.1, 0.15) is 23.2 Å². The van der Waals surface area contributed by atoms with Crippen molar-refractivity contribution in [3.8, 4) is 0 Å². The van der Waals surface area contributed by atoms with Gasteiger partial charge in [-0.05, 0) is 53.5 Å². The quantitative estimate of drug-likeness (QED) is 0.834. The third kappa shape index (κ3) is 1.97. The Balaban J connectivity index is 1.71. The molecular weight excluding hydrogens is 329 g/mol. The fraction of sp³-hybridized carbons (Fsp3) is 0.462. The maximum atomic E-state index is 12.2. The van der Waals surface area contributed by atoms with Gasteiger partial charge < -0.3 is 10.0 Å². The number of likely N-dealkylation sites (tertiary alicyclic amines) is 1. The van der Waals surface area contributed by atoms with Crippen LogP contribution < -0.4 is 0 Å². The van der Waals surface area contributed by atoms with Crippen LogP contribution in [0, 0.1) is 9.49 Å². The molecule has 2 fully saturated rings. The average molecular weight is 343 g/mol. The van der Waals surface area contributed by atoms with Gasteiger partial charge in [-0.3, -0.25) is 4.79 Å². The minimum absolute atomic E-state index is 0.0420. The molecule has 0 atom stereocenters. The van der Waals surface area contributed by atoms with Crippen LogP contribution in [-0.2, 0) is 0 Å². The molecule has 1 aliphatic carbocycles. The molecule has 3 rings (SSSR count). The molecule has 1 N–H and O–H groups in total. The van der Waals surface area contributed by atoms with Crippen molar-refractivity contribution in [1.82, 2.24) is 4.90 Å². The largest absolute Gasteiger partial charge is 0.386 e. The number of nitrogens with zero attached hydrogens (tertiary/aromatic N) is 1. The number of carbonyl (C=O) groups excluding carboxylic acids is 1. The van der Waals surface area contributed by atoms with Crippen molar-refractivity contribution < 1.29 is 9.90 Å². The number of benzene rings is 1. The second-order valence-corrected chi connectivity index (χ2v) is 6.18. The average Bonchev–Trinajstić information content (AvgIpc) is 3.08. The zero-order chi connectivity index (χ0) is 12.0. The van der Waals surface area contributed by atoms with E-state index in [2.05, 4.69) is 22.6 Å². The van der Waals surface area contributed by atoms with Gasteiger partial charge in [-0.2, -0.15) is 0 Å². The van der Waals surface area contributed by atoms with Gasteiger partial charge in [0.2, 0.25) is 0 Å². The molecule has 0 radical (unpaired) electrons. The van der Waals surface area contributed by atoms with E-state index in [-0.39, 0.29) is 5.91 Å². The van der Waals surface area contributed by atoms with E-state index in [9.17, 15) is 9.90 Å². The maximum absolute atomic E-state index is 12.2. The minimum atomic E-state index is -0.587. The Morgan fingerprint density at radius 1 is 1.35 bits per heavy atom. The lowest BCUT2D eigenvalue weighted by Gasteiger charge is -2.47. The van der Waals surface area contributed by atoms with Gasteiger partial charge in [0.1, 0.15) is 5.60 Å². The van der Waals surface area contributed by atoms with Crippen molar-refractivity contribution in [2.24, 2.45) is 5.92 Å². The number of rotatable bonds is 2. The van der Waals surface area contributed by atoms with Crippen LogP contribution in [0.15, 0.2) is 24.3 Å². The van der Waals surface area contributed by atoms with Crippen LogP contribution in [0.4, 0.5) is 0 Å². The highest BCUT2D eigenvalue weighted by Gasteiger charge is 2.53. The summed E-state index contributed by atoms with van der Waals surface area (Å²) < 4.78 is 0.969. The summed E-state index contributed by atoms with van der Waals surface area (Å²) in [5.41, 5.74) is 0.154. The number of hydrogen-bond acceptors (Lipinski definition) is 2. The van der Waals surface area contributed by atoms with Crippen LogP contribution in [-0.4, -0.2) is 34.6 Å². The van der Waals surface area contributed by atoms with E-state index in [1.54, 1.807) is 4.90 Å². The summed E-state index contributed by atoms with van der Waals surface area (Å²) >= 11 is 2.17. The first-order chi connectivity index (χ1) is 8.10. The summed E-state index contributed by atoms with van der Waals surface area (Å²) in [6.45, 7) is 1.00. The normalized spacial score (nSPS) is 22.1. The standard InChI is InChI=1S/C13H14INO2/c14-11-4-2-1-3-10(11)12(16)15-7-13(17,8-15)9-5-6-9/h1-4,9,17H,5-8H2. The van der Waals surface area contributed by atoms with Gasteiger partial charge in [-0.15, -0.1) is 0 Å². The van der Waals surface area contributed by atoms with Crippen LogP contribution in [0.2, 0.25) is 0 Å². The number of aliphatic hydroxyl groups is 1. The van der Waals surface area contributed by atoms with Gasteiger partial charge in [-0.1, -0.05) is 12.1 Å². The van der Waals surface area contributed by atoms with Gasteiger partial charge >= 0.3 is 0 Å². The molecule has 4 heteroatoms. The summed E-state index contributed by atoms with van der Waals surface area (Å²) in [7, 11) is 0. The second kappa shape index (κ2) is 3.95. The predicted octanol–water partition coefficient (Wildman–Crippen LogP) is 1.89. The third-order valence-corrected chi connectivity index (χ3v) is 4.60. The molecule has 0 spiro atoms. The molecule has 90 valence electrons. The van der Waals surface area contributed by atoms with Crippen LogP contribution in [0.5, 0.6) is 0 Å². The highest BCUT2D eigenvalue weighted by Crippen LogP contribution is 2.44. The Labute approximate surface area is 114 Å². The van der Waals surface area contributed by atoms with E-state index in [0.717, 1.165) is 22.0 Å². The molecule has 0 bridgehead atoms. The second-order valence-electron chi connectivity index (χ2n) is 5.02. The summed E-state index contributed by atoms with van der Waals surface area (Å²) in [4.78, 5) is 13.9. The van der Waals surface area contributed by atoms with E-state index >= 15 is 0 Å². The Kier molecular flexibility index (Phi) is 2.66. The first-order valence-electron chi connectivity index (χ1n) is 5.86. The Hall–Kier alpha value is -0.620. The molecule has 1 aliphatic heterocycles. The van der Waals surface area contributed by atoms with E-state index < -0.39 is 5.60 Å². The Bertz CT molecular complexity index is 464. The number of hydrogen-bond donors (Lipinski definition) is 1. The van der Waals surface area contributed by atoms with Crippen molar-refractivity contribution in [2.45, 2.75) is 18.4 Å². The summed E-state index contributed by atoms with van der Waals surface area (Å²) in [5.74, 6) is 0.474. The molecule has 17 heavy (non-hydrogen) atoms. The molecule has 1 aromatic rings. The van der Waals surface area contributed by atoms with E-state index in [1.807, 2.05) is 24.3 Å². The van der Waals surface area contributed by atoms with Crippen LogP contribution >= 0.6 is 22.6 Å². The van der Waals surface area contributed by atoms with Gasteiger partial charge in [-0.25, -0.2) is 0 Å². The Morgan fingerprint density at radius 2 is 2.00 bits per heavy atom. The lowest BCUT2D eigenvalue weighted by atomic mass is 9.88. The number of β-amino-alcohol motifs (C(OH)–C–C–N with tert-alkyl or cyclic N) is 1. The van der Waals surface area contributed by atoms with Gasteiger partial charge in [0, 0.05) is 3.57 Å². The molecular formula is C13H14INO2. The molecule has 3 nitrogen and oxygen atoms in total. The highest BCUT2D eigenvalue weighted by molar-refractivity contribution is 14.1. The molecule has 1 saturated carbocycles. The topological polar surface area (TPSA) is 40.5 Å². The van der Waals surface area contributed by atoms with Crippen LogP contribution in [0.25, 0.3) is 0 Å². The van der Waals surface area contributed by atoms with Gasteiger partial charge in [0.15, 0.2) is 0 Å². The van der Waals surface area contributed by atoms with Crippen molar-refractivity contribution in [2.75, 3.05) is 13.1 Å². The predicted molar refractivity (Wildman–Crippen MR) is 72.7 cm³/mol. The molecule has 2 aliphatic rings. The highest BCUT2D eigenvalue weighted by atomic mass is 127. The molecule has 1 heterocycles. The van der Waals surface area contributed by atoms with E-state index in [1.165, 1.54) is 0 Å². The summed E-state index contributed by atoms with van der Waals surface area (Å²) in [6, 6.07) is 7.58. The van der Waals surface area contributed by atoms with E-state index in [0.29, 0.717) is 19.0 Å². The van der Waals surface area contributed by atoms with Crippen molar-refractivity contribution in [3.05, 3.63) is 33.4 Å². The summed E-state index contributed by atoms with van der Waals surface area (Å²) in [6.07, 6.45) is 2.23. The van der Waals surface area contributed by atoms with Gasteiger partial charge in [0.25, 0.3) is 5.91 Å². The van der Waals surface area contributed by atoms with Crippen molar-refractivity contribution in [3.63, 3.8) is 0 Å². The number of carbonyl (C=O) groups is 1. The lowest BCUT2D eigenvalue weighted by Crippen LogP contribution is -2.64. The zero-order valence-electron chi connectivity index (χ0n) is 9.40. The van der Waals surface area contributed by atoms with Crippen LogP contribution in [0.3, 0.4) is 0 Å². The SMILES string of the molecule is O=C(c1ccccc1I)N1CC(O)(C2CC2)C1. The van der Waals surface area contributed by atoms with Gasteiger partial charge in [0.05, 0.1) is 18.7 Å². The monoisotopic (exact) mass is 343 g/mol. The zero-order valence-corrected chi connectivity index (χ0v) is 11.6. The fourth-order valence-electron chi connectivity index (χ4n) is 2.44. The maximum Gasteiger partial charge on any atom is 0.255 e. The number of amides is 1. The fourth-order valence-corrected chi connectivity index (χ4v) is 3.06. The molecule has 1 saturated heterocycles.